The molecule has 164 valence electrons. The summed E-state index contributed by atoms with van der Waals surface area (Å²) in [7, 11) is 1.74. The van der Waals surface area contributed by atoms with Gasteiger partial charge in [0, 0.05) is 13.6 Å². The minimum Gasteiger partial charge on any atom is -0.494 e. The van der Waals surface area contributed by atoms with Crippen molar-refractivity contribution in [1.82, 2.24) is 15.6 Å². The van der Waals surface area contributed by atoms with Crippen molar-refractivity contribution in [2.24, 2.45) is 4.99 Å². The molecule has 1 aromatic carbocycles. The van der Waals surface area contributed by atoms with Crippen LogP contribution in [0.2, 0.25) is 0 Å². The van der Waals surface area contributed by atoms with E-state index in [1.54, 1.807) is 14.0 Å². The molecule has 0 bridgehead atoms. The number of unbranched alkanes of at least 4 members (excludes halogenated alkanes) is 1. The lowest BCUT2D eigenvalue weighted by Gasteiger charge is -2.16. The lowest BCUT2D eigenvalue weighted by Crippen LogP contribution is -2.39. The van der Waals surface area contributed by atoms with Gasteiger partial charge < -0.3 is 20.1 Å². The SMILES string of the molecule is CCOC(=O)c1sc(C(C)NC(=NC)NCCCCOc2ccc(C)cc2)nc1C. The number of aryl methyl sites for hydroxylation is 2. The first-order valence-corrected chi connectivity index (χ1v) is 11.1. The van der Waals surface area contributed by atoms with Gasteiger partial charge in [0.1, 0.15) is 15.6 Å². The molecule has 7 nitrogen and oxygen atoms in total. The fourth-order valence-electron chi connectivity index (χ4n) is 2.71. The highest BCUT2D eigenvalue weighted by Crippen LogP contribution is 2.24. The first-order valence-electron chi connectivity index (χ1n) is 10.3. The highest BCUT2D eigenvalue weighted by Gasteiger charge is 2.20. The quantitative estimate of drug-likeness (QED) is 0.255. The Morgan fingerprint density at radius 3 is 2.63 bits per heavy atom. The Labute approximate surface area is 182 Å². The van der Waals surface area contributed by atoms with Gasteiger partial charge in [0.15, 0.2) is 5.96 Å². The zero-order chi connectivity index (χ0) is 21.9. The lowest BCUT2D eigenvalue weighted by atomic mass is 10.2. The van der Waals surface area contributed by atoms with Gasteiger partial charge in [0.25, 0.3) is 0 Å². The first kappa shape index (κ1) is 23.7. The lowest BCUT2D eigenvalue weighted by molar-refractivity contribution is 0.0531. The molecule has 2 aromatic rings. The van der Waals surface area contributed by atoms with E-state index in [1.807, 2.05) is 38.1 Å². The molecule has 2 rings (SSSR count). The Morgan fingerprint density at radius 1 is 1.23 bits per heavy atom. The van der Waals surface area contributed by atoms with Crippen molar-refractivity contribution in [3.8, 4) is 5.75 Å². The van der Waals surface area contributed by atoms with Crippen LogP contribution in [0.15, 0.2) is 29.3 Å². The molecule has 0 spiro atoms. The Kier molecular flexibility index (Phi) is 9.60. The third-order valence-corrected chi connectivity index (χ3v) is 5.69. The van der Waals surface area contributed by atoms with Gasteiger partial charge in [-0.25, -0.2) is 9.78 Å². The second-order valence-corrected chi connectivity index (χ2v) is 7.95. The van der Waals surface area contributed by atoms with Gasteiger partial charge in [0.2, 0.25) is 0 Å². The normalized spacial score (nSPS) is 12.4. The zero-order valence-electron chi connectivity index (χ0n) is 18.4. The summed E-state index contributed by atoms with van der Waals surface area (Å²) in [6.45, 7) is 9.50. The number of ether oxygens (including phenoxy) is 2. The van der Waals surface area contributed by atoms with Gasteiger partial charge in [-0.2, -0.15) is 0 Å². The number of esters is 1. The van der Waals surface area contributed by atoms with Crippen LogP contribution < -0.4 is 15.4 Å². The highest BCUT2D eigenvalue weighted by molar-refractivity contribution is 7.13. The third-order valence-electron chi connectivity index (χ3n) is 4.37. The molecule has 1 atom stereocenters. The van der Waals surface area contributed by atoms with Crippen molar-refractivity contribution in [2.75, 3.05) is 26.8 Å². The van der Waals surface area contributed by atoms with Gasteiger partial charge in [-0.1, -0.05) is 17.7 Å². The zero-order valence-corrected chi connectivity index (χ0v) is 19.3. The summed E-state index contributed by atoms with van der Waals surface area (Å²) >= 11 is 1.35. The van der Waals surface area contributed by atoms with Crippen LogP contribution in [0.25, 0.3) is 0 Å². The number of carbonyl (C=O) groups is 1. The summed E-state index contributed by atoms with van der Waals surface area (Å²) in [6.07, 6.45) is 1.91. The average molecular weight is 433 g/mol. The van der Waals surface area contributed by atoms with E-state index >= 15 is 0 Å². The summed E-state index contributed by atoms with van der Waals surface area (Å²) < 4.78 is 10.8. The molecule has 1 heterocycles. The molecule has 0 saturated heterocycles. The molecule has 8 heteroatoms. The van der Waals surface area contributed by atoms with Crippen molar-refractivity contribution in [3.63, 3.8) is 0 Å². The molecule has 0 aliphatic carbocycles. The molecule has 1 unspecified atom stereocenters. The second-order valence-electron chi connectivity index (χ2n) is 6.92. The van der Waals surface area contributed by atoms with E-state index in [0.717, 1.165) is 30.1 Å². The number of thiazole rings is 1. The van der Waals surface area contributed by atoms with E-state index in [-0.39, 0.29) is 12.0 Å². The number of aromatic nitrogens is 1. The monoisotopic (exact) mass is 432 g/mol. The van der Waals surface area contributed by atoms with Crippen LogP contribution >= 0.6 is 11.3 Å². The Balaban J connectivity index is 1.73. The number of benzene rings is 1. The highest BCUT2D eigenvalue weighted by atomic mass is 32.1. The van der Waals surface area contributed by atoms with Crippen molar-refractivity contribution in [3.05, 3.63) is 45.4 Å². The number of carbonyl (C=O) groups excluding carboxylic acids is 1. The van der Waals surface area contributed by atoms with Crippen LogP contribution in [-0.2, 0) is 4.74 Å². The number of nitrogens with zero attached hydrogens (tertiary/aromatic N) is 2. The summed E-state index contributed by atoms with van der Waals surface area (Å²) in [6, 6.07) is 8.01. The number of hydrogen-bond donors (Lipinski definition) is 2. The molecule has 0 fully saturated rings. The third kappa shape index (κ3) is 7.33. The molecule has 0 amide bonds. The summed E-state index contributed by atoms with van der Waals surface area (Å²) in [4.78, 5) is 21.3. The Hall–Kier alpha value is -2.61. The van der Waals surface area contributed by atoms with Crippen molar-refractivity contribution < 1.29 is 14.3 Å². The molecule has 0 aliphatic heterocycles. The van der Waals surface area contributed by atoms with E-state index in [2.05, 4.69) is 27.5 Å². The van der Waals surface area contributed by atoms with E-state index < -0.39 is 0 Å². The fraction of sp³-hybridized carbons (Fsp3) is 0.500. The van der Waals surface area contributed by atoms with E-state index in [9.17, 15) is 4.79 Å². The smallest absolute Gasteiger partial charge is 0.350 e. The van der Waals surface area contributed by atoms with Crippen molar-refractivity contribution in [1.29, 1.82) is 0 Å². The number of hydrogen-bond acceptors (Lipinski definition) is 6. The summed E-state index contributed by atoms with van der Waals surface area (Å²) in [5.41, 5.74) is 1.92. The van der Waals surface area contributed by atoms with Gasteiger partial charge in [-0.3, -0.25) is 4.99 Å². The predicted molar refractivity (Wildman–Crippen MR) is 122 cm³/mol. The number of rotatable bonds is 10. The first-order chi connectivity index (χ1) is 14.4. The van der Waals surface area contributed by atoms with Crippen LogP contribution in [0.3, 0.4) is 0 Å². The molecule has 0 aliphatic rings. The topological polar surface area (TPSA) is 84.8 Å². The standard InChI is InChI=1S/C22H32N4O3S/c1-6-28-21(27)19-16(3)25-20(30-19)17(4)26-22(23-5)24-13-7-8-14-29-18-11-9-15(2)10-12-18/h9-12,17H,6-8,13-14H2,1-5H3,(H2,23,24,26). The van der Waals surface area contributed by atoms with Gasteiger partial charge in [0.05, 0.1) is 24.9 Å². The van der Waals surface area contributed by atoms with Gasteiger partial charge in [-0.15, -0.1) is 11.3 Å². The maximum Gasteiger partial charge on any atom is 0.350 e. The van der Waals surface area contributed by atoms with Crippen LogP contribution in [-0.4, -0.2) is 43.7 Å². The fourth-order valence-corrected chi connectivity index (χ4v) is 3.67. The number of guanidine groups is 1. The van der Waals surface area contributed by atoms with Crippen LogP contribution in [0.1, 0.15) is 58.7 Å². The largest absolute Gasteiger partial charge is 0.494 e. The van der Waals surface area contributed by atoms with Crippen LogP contribution in [0, 0.1) is 13.8 Å². The maximum atomic E-state index is 12.0. The number of nitrogens with one attached hydrogen (secondary N) is 2. The van der Waals surface area contributed by atoms with E-state index in [4.69, 9.17) is 9.47 Å². The van der Waals surface area contributed by atoms with Crippen molar-refractivity contribution >= 4 is 23.3 Å². The maximum absolute atomic E-state index is 12.0. The molecule has 0 radical (unpaired) electrons. The van der Waals surface area contributed by atoms with Crippen molar-refractivity contribution in [2.45, 2.75) is 46.6 Å². The Morgan fingerprint density at radius 2 is 1.97 bits per heavy atom. The number of aliphatic imine (C=N–C) groups is 1. The predicted octanol–water partition coefficient (Wildman–Crippen LogP) is 4.02. The van der Waals surface area contributed by atoms with Gasteiger partial charge >= 0.3 is 5.97 Å². The summed E-state index contributed by atoms with van der Waals surface area (Å²) in [5, 5.41) is 7.45. The molecular formula is C22H32N4O3S. The molecular weight excluding hydrogens is 400 g/mol. The summed E-state index contributed by atoms with van der Waals surface area (Å²) in [5.74, 6) is 1.29. The molecule has 0 saturated carbocycles. The molecule has 1 aromatic heterocycles. The minimum atomic E-state index is -0.318. The van der Waals surface area contributed by atoms with Crippen LogP contribution in [0.4, 0.5) is 0 Å². The van der Waals surface area contributed by atoms with E-state index in [0.29, 0.717) is 29.7 Å². The van der Waals surface area contributed by atoms with E-state index in [1.165, 1.54) is 16.9 Å². The van der Waals surface area contributed by atoms with Crippen LogP contribution in [0.5, 0.6) is 5.75 Å². The molecule has 2 N–H and O–H groups in total. The minimum absolute atomic E-state index is 0.0760. The molecule has 30 heavy (non-hydrogen) atoms. The average Bonchev–Trinajstić information content (AvgIpc) is 3.13. The van der Waals surface area contributed by atoms with Gasteiger partial charge in [-0.05, 0) is 52.7 Å². The second kappa shape index (κ2) is 12.2. The Bertz CT molecular complexity index is 833.